The zero-order valence-corrected chi connectivity index (χ0v) is 13.7. The number of phenols is 1. The molecule has 1 N–H and O–H groups in total. The first-order valence-corrected chi connectivity index (χ1v) is 7.59. The fraction of sp³-hybridized carbons (Fsp3) is 0. The number of hydrogen-bond donors (Lipinski definition) is 1. The minimum atomic E-state index is -0.0665. The van der Waals surface area contributed by atoms with E-state index in [0.29, 0.717) is 29.9 Å². The molecule has 0 heterocycles. The topological polar surface area (TPSA) is 20.2 Å². The van der Waals surface area contributed by atoms with E-state index in [1.807, 2.05) is 0 Å². The highest BCUT2D eigenvalue weighted by atomic mass is 35.5. The SMILES string of the molecule is Oc1c(Cl)cc(Cl)cc1Sc1cc(Cl)cc(Cl)c1Cl. The minimum Gasteiger partial charge on any atom is -0.505 e. The van der Waals surface area contributed by atoms with Crippen LogP contribution in [0.2, 0.25) is 25.1 Å². The number of aromatic hydroxyl groups is 1. The molecule has 0 aromatic heterocycles. The van der Waals surface area contributed by atoms with Crippen molar-refractivity contribution in [3.8, 4) is 5.75 Å². The van der Waals surface area contributed by atoms with Gasteiger partial charge in [0, 0.05) is 14.9 Å². The van der Waals surface area contributed by atoms with E-state index in [9.17, 15) is 5.11 Å². The Bertz CT molecular complexity index is 589. The van der Waals surface area contributed by atoms with E-state index in [-0.39, 0.29) is 10.8 Å². The Labute approximate surface area is 139 Å². The lowest BCUT2D eigenvalue weighted by atomic mass is 10.3. The van der Waals surface area contributed by atoms with Crippen LogP contribution in [-0.2, 0) is 0 Å². The molecule has 0 atom stereocenters. The standard InChI is InChI=1S/C12H5Cl5OS/c13-5-1-7(15)11(17)9(3-5)19-10-4-6(14)2-8(16)12(10)18/h1-4,18H. The van der Waals surface area contributed by atoms with Gasteiger partial charge in [0.05, 0.1) is 20.0 Å². The highest BCUT2D eigenvalue weighted by Gasteiger charge is 2.13. The highest BCUT2D eigenvalue weighted by molar-refractivity contribution is 7.99. The van der Waals surface area contributed by atoms with Gasteiger partial charge in [0.15, 0.2) is 0 Å². The monoisotopic (exact) mass is 372 g/mol. The molecular weight excluding hydrogens is 369 g/mol. The quantitative estimate of drug-likeness (QED) is 0.583. The van der Waals surface area contributed by atoms with E-state index >= 15 is 0 Å². The fourth-order valence-electron chi connectivity index (χ4n) is 1.35. The summed E-state index contributed by atoms with van der Waals surface area (Å²) in [6.45, 7) is 0. The molecule has 0 bridgehead atoms. The molecule has 100 valence electrons. The van der Waals surface area contributed by atoms with Crippen molar-refractivity contribution in [3.05, 3.63) is 49.4 Å². The van der Waals surface area contributed by atoms with Crippen LogP contribution in [0.3, 0.4) is 0 Å². The smallest absolute Gasteiger partial charge is 0.148 e. The lowest BCUT2D eigenvalue weighted by Gasteiger charge is -2.09. The molecule has 0 aliphatic rings. The molecule has 0 amide bonds. The van der Waals surface area contributed by atoms with Gasteiger partial charge in [-0.05, 0) is 24.3 Å². The summed E-state index contributed by atoms with van der Waals surface area (Å²) < 4.78 is 0. The van der Waals surface area contributed by atoms with Crippen molar-refractivity contribution in [2.24, 2.45) is 0 Å². The van der Waals surface area contributed by atoms with Crippen LogP contribution in [0.25, 0.3) is 0 Å². The third-order valence-electron chi connectivity index (χ3n) is 2.17. The summed E-state index contributed by atoms with van der Waals surface area (Å²) in [6.07, 6.45) is 0. The van der Waals surface area contributed by atoms with Gasteiger partial charge in [-0.3, -0.25) is 0 Å². The largest absolute Gasteiger partial charge is 0.505 e. The molecule has 0 spiro atoms. The Morgan fingerprint density at radius 2 is 1.26 bits per heavy atom. The van der Waals surface area contributed by atoms with Gasteiger partial charge in [0.1, 0.15) is 5.75 Å². The summed E-state index contributed by atoms with van der Waals surface area (Å²) in [6, 6.07) is 6.22. The average Bonchev–Trinajstić information content (AvgIpc) is 2.31. The maximum Gasteiger partial charge on any atom is 0.148 e. The zero-order valence-electron chi connectivity index (χ0n) is 9.05. The number of rotatable bonds is 2. The summed E-state index contributed by atoms with van der Waals surface area (Å²) in [5.74, 6) is -0.0665. The van der Waals surface area contributed by atoms with Gasteiger partial charge < -0.3 is 5.11 Å². The summed E-state index contributed by atoms with van der Waals surface area (Å²) in [5.41, 5.74) is 0. The van der Waals surface area contributed by atoms with E-state index in [1.54, 1.807) is 18.2 Å². The third-order valence-corrected chi connectivity index (χ3v) is 4.88. The van der Waals surface area contributed by atoms with Crippen LogP contribution in [0.1, 0.15) is 0 Å². The van der Waals surface area contributed by atoms with Gasteiger partial charge in [-0.15, -0.1) is 0 Å². The van der Waals surface area contributed by atoms with Crippen molar-refractivity contribution >= 4 is 69.8 Å². The Hall–Kier alpha value is 0.0400. The first-order valence-electron chi connectivity index (χ1n) is 4.89. The van der Waals surface area contributed by atoms with Gasteiger partial charge in [-0.1, -0.05) is 69.8 Å². The first-order chi connectivity index (χ1) is 8.88. The average molecular weight is 375 g/mol. The van der Waals surface area contributed by atoms with Gasteiger partial charge in [0.2, 0.25) is 0 Å². The molecule has 0 fully saturated rings. The number of hydrogen-bond acceptors (Lipinski definition) is 2. The minimum absolute atomic E-state index is 0.0665. The van der Waals surface area contributed by atoms with Crippen molar-refractivity contribution in [1.29, 1.82) is 0 Å². The zero-order chi connectivity index (χ0) is 14.2. The number of halogens is 5. The third kappa shape index (κ3) is 3.57. The van der Waals surface area contributed by atoms with E-state index in [4.69, 9.17) is 58.0 Å². The van der Waals surface area contributed by atoms with Crippen LogP contribution in [0.5, 0.6) is 5.75 Å². The van der Waals surface area contributed by atoms with Crippen molar-refractivity contribution < 1.29 is 5.11 Å². The Kier molecular flexibility index (Phi) is 5.04. The van der Waals surface area contributed by atoms with Crippen molar-refractivity contribution in [2.45, 2.75) is 9.79 Å². The maximum atomic E-state index is 9.89. The molecule has 0 saturated carbocycles. The van der Waals surface area contributed by atoms with Crippen LogP contribution < -0.4 is 0 Å². The van der Waals surface area contributed by atoms with E-state index in [1.165, 1.54) is 17.8 Å². The number of phenolic OH excluding ortho intramolecular Hbond substituents is 1. The molecule has 19 heavy (non-hydrogen) atoms. The second kappa shape index (κ2) is 6.21. The molecule has 0 unspecified atom stereocenters. The van der Waals surface area contributed by atoms with E-state index in [0.717, 1.165) is 0 Å². The maximum absolute atomic E-state index is 9.89. The second-order valence-electron chi connectivity index (χ2n) is 3.54. The number of benzene rings is 2. The van der Waals surface area contributed by atoms with Crippen LogP contribution in [0.4, 0.5) is 0 Å². The summed E-state index contributed by atoms with van der Waals surface area (Å²) in [4.78, 5) is 1.07. The van der Waals surface area contributed by atoms with Crippen LogP contribution >= 0.6 is 69.8 Å². The van der Waals surface area contributed by atoms with Gasteiger partial charge in [0.25, 0.3) is 0 Å². The Morgan fingerprint density at radius 3 is 1.89 bits per heavy atom. The van der Waals surface area contributed by atoms with Gasteiger partial charge in [-0.25, -0.2) is 0 Å². The lowest BCUT2D eigenvalue weighted by Crippen LogP contribution is -1.81. The molecule has 7 heteroatoms. The summed E-state index contributed by atoms with van der Waals surface area (Å²) in [7, 11) is 0. The van der Waals surface area contributed by atoms with Gasteiger partial charge in [-0.2, -0.15) is 0 Å². The molecule has 0 radical (unpaired) electrons. The molecule has 2 rings (SSSR count). The summed E-state index contributed by atoms with van der Waals surface area (Å²) >= 11 is 30.9. The van der Waals surface area contributed by atoms with Crippen molar-refractivity contribution in [2.75, 3.05) is 0 Å². The fourth-order valence-corrected chi connectivity index (χ4v) is 3.81. The molecule has 2 aromatic carbocycles. The van der Waals surface area contributed by atoms with E-state index < -0.39 is 0 Å². The molecular formula is C12H5Cl5OS. The van der Waals surface area contributed by atoms with Crippen LogP contribution in [-0.4, -0.2) is 5.11 Å². The normalized spacial score (nSPS) is 10.8. The van der Waals surface area contributed by atoms with Crippen LogP contribution in [0.15, 0.2) is 34.1 Å². The Morgan fingerprint density at radius 1 is 0.737 bits per heavy atom. The first kappa shape index (κ1) is 15.4. The van der Waals surface area contributed by atoms with Crippen molar-refractivity contribution in [3.63, 3.8) is 0 Å². The molecule has 0 aliphatic carbocycles. The molecule has 0 saturated heterocycles. The predicted molar refractivity (Wildman–Crippen MR) is 83.7 cm³/mol. The molecule has 1 nitrogen and oxygen atoms in total. The molecule has 2 aromatic rings. The van der Waals surface area contributed by atoms with E-state index in [2.05, 4.69) is 0 Å². The highest BCUT2D eigenvalue weighted by Crippen LogP contribution is 2.45. The van der Waals surface area contributed by atoms with Crippen LogP contribution in [0, 0.1) is 0 Å². The Balaban J connectivity index is 2.47. The predicted octanol–water partition coefficient (Wildman–Crippen LogP) is 6.81. The second-order valence-corrected chi connectivity index (χ2v) is 6.69. The van der Waals surface area contributed by atoms with Crippen molar-refractivity contribution in [1.82, 2.24) is 0 Å². The lowest BCUT2D eigenvalue weighted by molar-refractivity contribution is 0.463. The summed E-state index contributed by atoms with van der Waals surface area (Å²) in [5, 5.41) is 11.6. The molecule has 0 aliphatic heterocycles. The van der Waals surface area contributed by atoms with Gasteiger partial charge >= 0.3 is 0 Å².